The van der Waals surface area contributed by atoms with Crippen molar-refractivity contribution >= 4 is 55.0 Å². The molecule has 0 aromatic heterocycles. The van der Waals surface area contributed by atoms with Gasteiger partial charge in [0.05, 0.1) is 10.7 Å². The van der Waals surface area contributed by atoms with Crippen molar-refractivity contribution in [1.29, 1.82) is 0 Å². The lowest BCUT2D eigenvalue weighted by Crippen LogP contribution is -2.03. The van der Waals surface area contributed by atoms with E-state index < -0.39 is 0 Å². The molecule has 0 saturated carbocycles. The van der Waals surface area contributed by atoms with Crippen LogP contribution >= 0.6 is 43.6 Å². The number of hydrogen-bond donors (Lipinski definition) is 3. The predicted octanol–water partition coefficient (Wildman–Crippen LogP) is 2.63. The van der Waals surface area contributed by atoms with Crippen molar-refractivity contribution in [2.75, 3.05) is 6.26 Å². The van der Waals surface area contributed by atoms with E-state index in [-0.39, 0.29) is 16.0 Å². The molecule has 0 fully saturated rings. The number of hydrogen-bond acceptors (Lipinski definition) is 5. The topological polar surface area (TPSA) is 91.2 Å². The predicted molar refractivity (Wildman–Crippen MR) is 77.9 cm³/mol. The minimum absolute atomic E-state index is 0.0771. The molecule has 0 amide bonds. The van der Waals surface area contributed by atoms with Crippen LogP contribution in [0.3, 0.4) is 0 Å². The molecule has 1 rings (SSSR count). The maximum absolute atomic E-state index is 9.72. The molecule has 0 unspecified atom stereocenters. The average molecular weight is 383 g/mol. The molecule has 0 aliphatic heterocycles. The molecule has 8 heteroatoms. The normalized spacial score (nSPS) is 12.3. The number of thioether (sulfide) groups is 1. The second-order valence-electron chi connectivity index (χ2n) is 2.85. The van der Waals surface area contributed by atoms with Crippen molar-refractivity contribution in [1.82, 2.24) is 0 Å². The van der Waals surface area contributed by atoms with Gasteiger partial charge < -0.3 is 15.9 Å². The first-order valence-corrected chi connectivity index (χ1v) is 7.08. The van der Waals surface area contributed by atoms with Gasteiger partial charge >= 0.3 is 0 Å². The van der Waals surface area contributed by atoms with E-state index in [1.165, 1.54) is 24.0 Å². The van der Waals surface area contributed by atoms with Gasteiger partial charge in [0.25, 0.3) is 0 Å². The van der Waals surface area contributed by atoms with Gasteiger partial charge in [-0.2, -0.15) is 5.10 Å². The summed E-state index contributed by atoms with van der Waals surface area (Å²) in [6, 6.07) is 1.52. The van der Waals surface area contributed by atoms with Gasteiger partial charge in [0, 0.05) is 5.56 Å². The van der Waals surface area contributed by atoms with Crippen molar-refractivity contribution < 1.29 is 10.2 Å². The van der Waals surface area contributed by atoms with Gasteiger partial charge in [0.2, 0.25) is 0 Å². The first-order chi connectivity index (χ1) is 7.97. The lowest BCUT2D eigenvalue weighted by molar-refractivity contribution is 0.442. The molecule has 0 bridgehead atoms. The fraction of sp³-hybridized carbons (Fsp3) is 0.111. The summed E-state index contributed by atoms with van der Waals surface area (Å²) in [6.07, 6.45) is 3.12. The van der Waals surface area contributed by atoms with Gasteiger partial charge in [-0.05, 0) is 44.2 Å². The van der Waals surface area contributed by atoms with Crippen LogP contribution in [-0.2, 0) is 0 Å². The van der Waals surface area contributed by atoms with Crippen LogP contribution in [0.15, 0.2) is 25.2 Å². The van der Waals surface area contributed by atoms with Crippen molar-refractivity contribution in [3.8, 4) is 11.5 Å². The monoisotopic (exact) mass is 381 g/mol. The highest BCUT2D eigenvalue weighted by Gasteiger charge is 2.12. The molecule has 0 aliphatic rings. The van der Waals surface area contributed by atoms with Gasteiger partial charge in [0.1, 0.15) is 16.0 Å². The van der Waals surface area contributed by atoms with Gasteiger partial charge in [-0.15, -0.1) is 5.10 Å². The molecule has 0 radical (unpaired) electrons. The smallest absolute Gasteiger partial charge is 0.180 e. The third-order valence-corrected chi connectivity index (χ3v) is 3.62. The number of nitrogens with two attached hydrogens (primary N) is 1. The van der Waals surface area contributed by atoms with Crippen LogP contribution in [0.25, 0.3) is 0 Å². The molecule has 17 heavy (non-hydrogen) atoms. The highest BCUT2D eigenvalue weighted by molar-refractivity contribution is 9.11. The molecule has 5 nitrogen and oxygen atoms in total. The van der Waals surface area contributed by atoms with E-state index in [4.69, 9.17) is 5.73 Å². The third-order valence-electron chi connectivity index (χ3n) is 1.76. The zero-order chi connectivity index (χ0) is 13.0. The number of amidine groups is 1. The van der Waals surface area contributed by atoms with Gasteiger partial charge in [-0.3, -0.25) is 0 Å². The van der Waals surface area contributed by atoms with E-state index >= 15 is 0 Å². The van der Waals surface area contributed by atoms with Gasteiger partial charge in [-0.25, -0.2) is 0 Å². The molecule has 0 aliphatic carbocycles. The lowest BCUT2D eigenvalue weighted by Gasteiger charge is -2.05. The zero-order valence-corrected chi connectivity index (χ0v) is 12.7. The summed E-state index contributed by atoms with van der Waals surface area (Å²) in [5.74, 6) is -0.195. The van der Waals surface area contributed by atoms with Gasteiger partial charge in [0.15, 0.2) is 5.17 Å². The van der Waals surface area contributed by atoms with Crippen LogP contribution in [0.5, 0.6) is 11.5 Å². The van der Waals surface area contributed by atoms with Crippen molar-refractivity contribution in [3.63, 3.8) is 0 Å². The summed E-state index contributed by atoms with van der Waals surface area (Å²) in [6.45, 7) is 0. The number of phenolic OH excluding ortho intramolecular Hbond substituents is 2. The van der Waals surface area contributed by atoms with Crippen molar-refractivity contribution in [3.05, 3.63) is 20.6 Å². The highest BCUT2D eigenvalue weighted by atomic mass is 79.9. The van der Waals surface area contributed by atoms with Crippen molar-refractivity contribution in [2.45, 2.75) is 0 Å². The first-order valence-electron chi connectivity index (χ1n) is 4.27. The molecule has 0 atom stereocenters. The second-order valence-corrected chi connectivity index (χ2v) is 5.32. The van der Waals surface area contributed by atoms with Crippen LogP contribution < -0.4 is 5.73 Å². The average Bonchev–Trinajstić information content (AvgIpc) is 2.32. The fourth-order valence-electron chi connectivity index (χ4n) is 0.904. The van der Waals surface area contributed by atoms with Crippen molar-refractivity contribution in [2.24, 2.45) is 15.9 Å². The summed E-state index contributed by atoms with van der Waals surface area (Å²) in [4.78, 5) is 0. The van der Waals surface area contributed by atoms with Crippen LogP contribution in [0, 0.1) is 0 Å². The lowest BCUT2D eigenvalue weighted by atomic mass is 10.2. The Balaban J connectivity index is 3.08. The number of benzene rings is 1. The zero-order valence-electron chi connectivity index (χ0n) is 8.69. The van der Waals surface area contributed by atoms with Crippen LogP contribution in [-0.4, -0.2) is 27.9 Å². The third kappa shape index (κ3) is 3.62. The Morgan fingerprint density at radius 2 is 2.06 bits per heavy atom. The maximum atomic E-state index is 9.72. The fourth-order valence-corrected chi connectivity index (χ4v) is 2.19. The Morgan fingerprint density at radius 1 is 1.41 bits per heavy atom. The summed E-state index contributed by atoms with van der Waals surface area (Å²) >= 11 is 7.47. The largest absolute Gasteiger partial charge is 0.506 e. The second kappa shape index (κ2) is 6.27. The number of aromatic hydroxyl groups is 2. The first kappa shape index (κ1) is 14.3. The quantitative estimate of drug-likeness (QED) is 0.416. The van der Waals surface area contributed by atoms with E-state index in [1.54, 1.807) is 6.26 Å². The number of rotatable bonds is 2. The molecule has 0 saturated heterocycles. The summed E-state index contributed by atoms with van der Waals surface area (Å²) in [5.41, 5.74) is 5.84. The van der Waals surface area contributed by atoms with Crippen LogP contribution in [0.4, 0.5) is 0 Å². The maximum Gasteiger partial charge on any atom is 0.180 e. The Morgan fingerprint density at radius 3 is 2.65 bits per heavy atom. The summed E-state index contributed by atoms with van der Waals surface area (Å²) in [7, 11) is 0. The summed E-state index contributed by atoms with van der Waals surface area (Å²) < 4.78 is 0.626. The SMILES string of the molecule is CS/C(N)=N/N=C\c1cc(Br)c(O)c(Br)c1O. The highest BCUT2D eigenvalue weighted by Crippen LogP contribution is 2.40. The Hall–Kier alpha value is -0.730. The molecule has 0 spiro atoms. The van der Waals surface area contributed by atoms with E-state index in [0.29, 0.717) is 15.2 Å². The number of nitrogens with zero attached hydrogens (tertiary/aromatic N) is 2. The minimum Gasteiger partial charge on any atom is -0.506 e. The molecule has 1 aromatic rings. The Labute approximate surface area is 119 Å². The minimum atomic E-state index is -0.118. The van der Waals surface area contributed by atoms with Crippen LogP contribution in [0.1, 0.15) is 5.56 Å². The molecule has 1 aromatic carbocycles. The van der Waals surface area contributed by atoms with Crippen LogP contribution in [0.2, 0.25) is 0 Å². The molecule has 92 valence electrons. The molecule has 0 heterocycles. The van der Waals surface area contributed by atoms with E-state index in [1.807, 2.05) is 0 Å². The molecular formula is C9H9Br2N3O2S. The van der Waals surface area contributed by atoms with E-state index in [9.17, 15) is 10.2 Å². The Bertz CT molecular complexity index is 492. The molecular weight excluding hydrogens is 374 g/mol. The van der Waals surface area contributed by atoms with Gasteiger partial charge in [-0.1, -0.05) is 11.8 Å². The Kier molecular flexibility index (Phi) is 5.29. The number of phenols is 2. The number of halogens is 2. The van der Waals surface area contributed by atoms with E-state index in [0.717, 1.165) is 0 Å². The van der Waals surface area contributed by atoms with E-state index in [2.05, 4.69) is 42.1 Å². The summed E-state index contributed by atoms with van der Waals surface area (Å²) in [5, 5.41) is 27.0. The molecule has 4 N–H and O–H groups in total. The standard InChI is InChI=1S/C9H9Br2N3O2S/c1-17-9(12)14-13-3-4-2-5(10)8(16)6(11)7(4)15/h2-3,15-16H,1H3,(H2,12,14)/b13-3-.